The number of nitrogens with one attached hydrogen (secondary N) is 1. The molecule has 3 aromatic rings. The number of ether oxygens (including phenoxy) is 2. The fourth-order valence-electron chi connectivity index (χ4n) is 3.39. The molecule has 1 saturated heterocycles. The van der Waals surface area contributed by atoms with Gasteiger partial charge in [-0.1, -0.05) is 0 Å². The number of hydroxylamine groups is 1. The standard InChI is InChI=1S/C20H22N6O5/c1-30-16-4-2-15(3-5-16)26-7-6-25(20(26)28)13-17-12-24(8-9-31-17)19-21-10-14(11-22-19)18(27)23-29/h2-7,10-11,17,29H,8-9,12-13H2,1H3,(H,23,27). The van der Waals surface area contributed by atoms with Gasteiger partial charge in [0.15, 0.2) is 0 Å². The van der Waals surface area contributed by atoms with Gasteiger partial charge in [-0.25, -0.2) is 20.2 Å². The van der Waals surface area contributed by atoms with Crippen LogP contribution in [0.1, 0.15) is 10.4 Å². The summed E-state index contributed by atoms with van der Waals surface area (Å²) in [5.41, 5.74) is 2.28. The molecule has 11 nitrogen and oxygen atoms in total. The normalized spacial score (nSPS) is 16.2. The number of imidazole rings is 1. The SMILES string of the molecule is COc1ccc(-n2ccn(CC3CN(c4ncc(C(=O)NO)cn4)CCO3)c2=O)cc1. The molecule has 1 aliphatic rings. The average Bonchev–Trinajstić information content (AvgIpc) is 3.18. The van der Waals surface area contributed by atoms with Gasteiger partial charge in [-0.2, -0.15) is 0 Å². The van der Waals surface area contributed by atoms with Crippen molar-refractivity contribution in [2.24, 2.45) is 0 Å². The molecule has 2 aromatic heterocycles. The predicted molar refractivity (Wildman–Crippen MR) is 110 cm³/mol. The van der Waals surface area contributed by atoms with Gasteiger partial charge in [0, 0.05) is 37.9 Å². The molecule has 11 heteroatoms. The Morgan fingerprint density at radius 2 is 2.00 bits per heavy atom. The highest BCUT2D eigenvalue weighted by molar-refractivity contribution is 5.92. The smallest absolute Gasteiger partial charge is 0.332 e. The first-order valence-corrected chi connectivity index (χ1v) is 9.64. The van der Waals surface area contributed by atoms with E-state index in [0.717, 1.165) is 11.4 Å². The summed E-state index contributed by atoms with van der Waals surface area (Å²) in [7, 11) is 1.59. The molecule has 2 N–H and O–H groups in total. The van der Waals surface area contributed by atoms with Crippen LogP contribution in [0.4, 0.5) is 5.95 Å². The summed E-state index contributed by atoms with van der Waals surface area (Å²) in [5, 5.41) is 8.68. The summed E-state index contributed by atoms with van der Waals surface area (Å²) in [6, 6.07) is 7.25. The van der Waals surface area contributed by atoms with Gasteiger partial charge in [0.1, 0.15) is 5.75 Å². The zero-order valence-electron chi connectivity index (χ0n) is 16.8. The molecule has 0 radical (unpaired) electrons. The van der Waals surface area contributed by atoms with Crippen molar-refractivity contribution in [1.82, 2.24) is 24.6 Å². The Kier molecular flexibility index (Phi) is 5.96. The minimum absolute atomic E-state index is 0.155. The van der Waals surface area contributed by atoms with Crippen molar-refractivity contribution in [3.63, 3.8) is 0 Å². The maximum atomic E-state index is 12.8. The first-order chi connectivity index (χ1) is 15.1. The molecule has 31 heavy (non-hydrogen) atoms. The zero-order valence-corrected chi connectivity index (χ0v) is 16.8. The van der Waals surface area contributed by atoms with Crippen molar-refractivity contribution in [1.29, 1.82) is 0 Å². The number of benzene rings is 1. The quantitative estimate of drug-likeness (QED) is 0.430. The van der Waals surface area contributed by atoms with E-state index in [4.69, 9.17) is 14.7 Å². The van der Waals surface area contributed by atoms with Crippen molar-refractivity contribution >= 4 is 11.9 Å². The molecule has 1 aliphatic heterocycles. The van der Waals surface area contributed by atoms with Gasteiger partial charge < -0.3 is 14.4 Å². The van der Waals surface area contributed by atoms with E-state index in [2.05, 4.69) is 9.97 Å². The molecule has 0 aliphatic carbocycles. The van der Waals surface area contributed by atoms with Crippen LogP contribution >= 0.6 is 0 Å². The van der Waals surface area contributed by atoms with Crippen molar-refractivity contribution in [3.8, 4) is 11.4 Å². The maximum Gasteiger partial charge on any atom is 0.332 e. The zero-order chi connectivity index (χ0) is 21.8. The molecule has 0 bridgehead atoms. The number of carbonyl (C=O) groups excluding carboxylic acids is 1. The van der Waals surface area contributed by atoms with E-state index in [0.29, 0.717) is 32.2 Å². The predicted octanol–water partition coefficient (Wildman–Crippen LogP) is 0.462. The lowest BCUT2D eigenvalue weighted by Gasteiger charge is -2.32. The average molecular weight is 426 g/mol. The number of carbonyl (C=O) groups is 1. The molecular weight excluding hydrogens is 404 g/mol. The lowest BCUT2D eigenvalue weighted by atomic mass is 10.2. The topological polar surface area (TPSA) is 124 Å². The number of morpholine rings is 1. The number of aromatic nitrogens is 4. The van der Waals surface area contributed by atoms with Gasteiger partial charge in [-0.15, -0.1) is 0 Å². The molecule has 1 aromatic carbocycles. The fourth-order valence-corrected chi connectivity index (χ4v) is 3.39. The number of anilines is 1. The Hall–Kier alpha value is -3.70. The van der Waals surface area contributed by atoms with Gasteiger partial charge in [0.2, 0.25) is 5.95 Å². The third kappa shape index (κ3) is 4.42. The largest absolute Gasteiger partial charge is 0.497 e. The molecule has 0 spiro atoms. The van der Waals surface area contributed by atoms with Crippen LogP contribution in [0.3, 0.4) is 0 Å². The Labute approximate surface area is 177 Å². The van der Waals surface area contributed by atoms with Crippen LogP contribution in [0, 0.1) is 0 Å². The Balaban J connectivity index is 1.44. The third-order valence-electron chi connectivity index (χ3n) is 5.02. The fraction of sp³-hybridized carbons (Fsp3) is 0.300. The Morgan fingerprint density at radius 1 is 1.26 bits per heavy atom. The molecule has 162 valence electrons. The number of amides is 1. The van der Waals surface area contributed by atoms with E-state index < -0.39 is 5.91 Å². The second-order valence-corrected chi connectivity index (χ2v) is 6.95. The number of hydrogen-bond donors (Lipinski definition) is 2. The van der Waals surface area contributed by atoms with Crippen molar-refractivity contribution in [2.45, 2.75) is 12.6 Å². The molecular formula is C20H22N6O5. The first-order valence-electron chi connectivity index (χ1n) is 9.64. The van der Waals surface area contributed by atoms with Crippen LogP contribution < -0.4 is 20.8 Å². The summed E-state index contributed by atoms with van der Waals surface area (Å²) >= 11 is 0. The molecule has 1 unspecified atom stereocenters. The minimum Gasteiger partial charge on any atom is -0.497 e. The highest BCUT2D eigenvalue weighted by Crippen LogP contribution is 2.15. The lowest BCUT2D eigenvalue weighted by molar-refractivity contribution is 0.0284. The molecule has 1 amide bonds. The van der Waals surface area contributed by atoms with E-state index in [1.165, 1.54) is 12.4 Å². The number of nitrogens with zero attached hydrogens (tertiary/aromatic N) is 5. The molecule has 4 rings (SSSR count). The molecule has 0 saturated carbocycles. The number of methoxy groups -OCH3 is 1. The van der Waals surface area contributed by atoms with E-state index in [9.17, 15) is 9.59 Å². The summed E-state index contributed by atoms with van der Waals surface area (Å²) in [6.45, 7) is 1.92. The van der Waals surface area contributed by atoms with Gasteiger partial charge in [0.05, 0.1) is 37.6 Å². The first kappa shape index (κ1) is 20.6. The van der Waals surface area contributed by atoms with E-state index in [1.807, 2.05) is 17.0 Å². The van der Waals surface area contributed by atoms with Crippen molar-refractivity contribution in [2.75, 3.05) is 31.7 Å². The third-order valence-corrected chi connectivity index (χ3v) is 5.02. The highest BCUT2D eigenvalue weighted by Gasteiger charge is 2.24. The maximum absolute atomic E-state index is 12.8. The molecule has 1 atom stereocenters. The van der Waals surface area contributed by atoms with E-state index in [-0.39, 0.29) is 17.4 Å². The van der Waals surface area contributed by atoms with Crippen LogP contribution in [-0.2, 0) is 11.3 Å². The lowest BCUT2D eigenvalue weighted by Crippen LogP contribution is -2.46. The summed E-state index contributed by atoms with van der Waals surface area (Å²) in [4.78, 5) is 34.5. The van der Waals surface area contributed by atoms with Gasteiger partial charge >= 0.3 is 5.69 Å². The van der Waals surface area contributed by atoms with Crippen LogP contribution in [0.5, 0.6) is 5.75 Å². The molecule has 3 heterocycles. The monoisotopic (exact) mass is 426 g/mol. The summed E-state index contributed by atoms with van der Waals surface area (Å²) in [5.74, 6) is 0.497. The van der Waals surface area contributed by atoms with Crippen molar-refractivity contribution < 1.29 is 19.5 Å². The number of hydrogen-bond acceptors (Lipinski definition) is 8. The van der Waals surface area contributed by atoms with E-state index in [1.54, 1.807) is 46.3 Å². The van der Waals surface area contributed by atoms with Crippen molar-refractivity contribution in [3.05, 3.63) is 65.1 Å². The van der Waals surface area contributed by atoms with Gasteiger partial charge in [-0.3, -0.25) is 19.1 Å². The van der Waals surface area contributed by atoms with Gasteiger partial charge in [0.25, 0.3) is 5.91 Å². The van der Waals surface area contributed by atoms with Crippen LogP contribution in [0.2, 0.25) is 0 Å². The summed E-state index contributed by atoms with van der Waals surface area (Å²) in [6.07, 6.45) is 5.91. The van der Waals surface area contributed by atoms with Crippen LogP contribution in [0.25, 0.3) is 5.69 Å². The summed E-state index contributed by atoms with van der Waals surface area (Å²) < 4.78 is 14.2. The van der Waals surface area contributed by atoms with Crippen LogP contribution in [-0.4, -0.2) is 63.1 Å². The Morgan fingerprint density at radius 3 is 2.68 bits per heavy atom. The molecule has 1 fully saturated rings. The van der Waals surface area contributed by atoms with E-state index >= 15 is 0 Å². The minimum atomic E-state index is -0.674. The second kappa shape index (κ2) is 8.98. The second-order valence-electron chi connectivity index (χ2n) is 6.95. The van der Waals surface area contributed by atoms with Crippen LogP contribution in [0.15, 0.2) is 53.8 Å². The highest BCUT2D eigenvalue weighted by atomic mass is 16.5. The Bertz CT molecular complexity index is 1090. The van der Waals surface area contributed by atoms with Gasteiger partial charge in [-0.05, 0) is 24.3 Å². The number of rotatable bonds is 6.